The number of benzene rings is 4. The number of nitrogens with two attached hydrogens (primary N) is 1. The minimum Gasteiger partial charge on any atom is -0.465 e. The molecule has 0 radical (unpaired) electrons. The highest BCUT2D eigenvalue weighted by molar-refractivity contribution is 5.90. The normalized spacial score (nSPS) is 9.48. The van der Waals surface area contributed by atoms with Gasteiger partial charge in [0.15, 0.2) is 0 Å². The Morgan fingerprint density at radius 1 is 0.738 bits per heavy atom. The van der Waals surface area contributed by atoms with Gasteiger partial charge in [0.1, 0.15) is 29.6 Å². The fourth-order valence-electron chi connectivity index (χ4n) is 3.02. The van der Waals surface area contributed by atoms with Crippen LogP contribution in [-0.2, 0) is 16.0 Å². The molecule has 0 fully saturated rings. The molecule has 4 rings (SSSR count). The lowest BCUT2D eigenvalue weighted by atomic mass is 10.1. The highest BCUT2D eigenvalue weighted by atomic mass is 19.1. The summed E-state index contributed by atoms with van der Waals surface area (Å²) in [5.74, 6) is -3.38. The van der Waals surface area contributed by atoms with Crippen LogP contribution in [0.3, 0.4) is 0 Å². The topological polar surface area (TPSA) is 108 Å². The van der Waals surface area contributed by atoms with E-state index < -0.39 is 35.2 Å². The molecule has 0 saturated carbocycles. The fraction of sp³-hybridized carbons (Fsp3) is 0.129. The van der Waals surface area contributed by atoms with Gasteiger partial charge < -0.3 is 20.5 Å². The van der Waals surface area contributed by atoms with Gasteiger partial charge >= 0.3 is 11.9 Å². The summed E-state index contributed by atoms with van der Waals surface area (Å²) in [6, 6.07) is 19.4. The highest BCUT2D eigenvalue weighted by Gasteiger charge is 2.06. The number of esters is 2. The Kier molecular flexibility index (Phi) is 14.5. The van der Waals surface area contributed by atoms with Gasteiger partial charge in [-0.3, -0.25) is 4.79 Å². The van der Waals surface area contributed by atoms with Crippen LogP contribution in [0, 0.1) is 23.3 Å². The van der Waals surface area contributed by atoms with Crippen molar-refractivity contribution in [1.29, 1.82) is 0 Å². The van der Waals surface area contributed by atoms with Crippen molar-refractivity contribution in [1.82, 2.24) is 0 Å². The molecule has 7 nitrogen and oxygen atoms in total. The lowest BCUT2D eigenvalue weighted by molar-refractivity contribution is 0.0592. The third-order valence-electron chi connectivity index (χ3n) is 5.22. The average molecular weight is 587 g/mol. The maximum Gasteiger partial charge on any atom is 0.337 e. The van der Waals surface area contributed by atoms with E-state index in [-0.39, 0.29) is 18.8 Å². The van der Waals surface area contributed by atoms with E-state index in [0.29, 0.717) is 23.2 Å². The third kappa shape index (κ3) is 11.1. The average Bonchev–Trinajstić information content (AvgIpc) is 2.99. The molecule has 0 saturated heterocycles. The van der Waals surface area contributed by atoms with Gasteiger partial charge in [0.25, 0.3) is 0 Å². The molecule has 42 heavy (non-hydrogen) atoms. The van der Waals surface area contributed by atoms with E-state index in [0.717, 1.165) is 30.0 Å². The van der Waals surface area contributed by atoms with Crippen molar-refractivity contribution in [2.75, 3.05) is 25.3 Å². The number of hydrogen-bond donors (Lipinski definition) is 2. The number of methoxy groups -OCH3 is 2. The second kappa shape index (κ2) is 17.5. The summed E-state index contributed by atoms with van der Waals surface area (Å²) in [6.45, 7) is 0.365. The van der Waals surface area contributed by atoms with Gasteiger partial charge in [-0.25, -0.2) is 27.2 Å². The van der Waals surface area contributed by atoms with E-state index in [1.807, 2.05) is 0 Å². The summed E-state index contributed by atoms with van der Waals surface area (Å²) in [5.41, 5.74) is 7.54. The number of halogens is 4. The monoisotopic (exact) mass is 586 g/mol. The molecule has 11 heteroatoms. The van der Waals surface area contributed by atoms with Gasteiger partial charge in [-0.05, 0) is 54.1 Å². The molecule has 0 aliphatic carbocycles. The summed E-state index contributed by atoms with van der Waals surface area (Å²) in [7, 11) is 2.63. The molecule has 4 aromatic rings. The summed E-state index contributed by atoms with van der Waals surface area (Å²) in [5, 5.41) is 2.86. The number of hydrogen-bond acceptors (Lipinski definition) is 7. The van der Waals surface area contributed by atoms with Crippen LogP contribution < -0.4 is 11.1 Å². The fourth-order valence-corrected chi connectivity index (χ4v) is 3.02. The van der Waals surface area contributed by atoms with Crippen LogP contribution in [0.4, 0.5) is 28.9 Å². The molecular formula is C31H30F4N2O5. The molecule has 0 aliphatic rings. The Labute approximate surface area is 240 Å². The Bertz CT molecular complexity index is 1460. The first-order valence-corrected chi connectivity index (χ1v) is 11.8. The molecule has 0 bridgehead atoms. The van der Waals surface area contributed by atoms with Gasteiger partial charge in [-0.15, -0.1) is 0 Å². The first-order chi connectivity index (χ1) is 19.6. The molecule has 3 N–H and O–H groups in total. The van der Waals surface area contributed by atoms with Crippen molar-refractivity contribution >= 4 is 29.6 Å². The predicted octanol–water partition coefficient (Wildman–Crippen LogP) is 6.83. The number of carbonyl (C=O) groups excluding carboxylic acids is 3. The number of carbonyl (C=O) groups is 3. The van der Waals surface area contributed by atoms with E-state index >= 15 is 0 Å². The summed E-state index contributed by atoms with van der Waals surface area (Å²) >= 11 is 0. The molecule has 0 aromatic heterocycles. The Morgan fingerprint density at radius 2 is 1.21 bits per heavy atom. The third-order valence-corrected chi connectivity index (χ3v) is 5.22. The van der Waals surface area contributed by atoms with Gasteiger partial charge in [-0.1, -0.05) is 31.7 Å². The molecular weight excluding hydrogens is 556 g/mol. The molecule has 222 valence electrons. The van der Waals surface area contributed by atoms with E-state index in [2.05, 4.69) is 14.8 Å². The lowest BCUT2D eigenvalue weighted by Gasteiger charge is -2.08. The first-order valence-electron chi connectivity index (χ1n) is 11.8. The summed E-state index contributed by atoms with van der Waals surface area (Å²) in [6.07, 6.45) is 0.723. The standard InChI is InChI=1S/C15H13F2NO2.C9H8O3.C6H5F2N.CH4/c1-20-15(19)11-4-2-10(3-5-11)9-18-14-7-6-12(16)8-13(14)17;1-12-9(11)8-4-2-7(6-10)3-5-8;7-4-1-2-6(9)5(8)3-4;/h2-8,18H,9H2,1H3;2-6H,1H3;1-3H,9H2;1H4. The van der Waals surface area contributed by atoms with Crippen LogP contribution >= 0.6 is 0 Å². The van der Waals surface area contributed by atoms with E-state index in [1.165, 1.54) is 32.4 Å². The number of rotatable bonds is 6. The molecule has 0 unspecified atom stereocenters. The van der Waals surface area contributed by atoms with E-state index in [4.69, 9.17) is 5.73 Å². The Hall–Kier alpha value is -5.19. The zero-order chi connectivity index (χ0) is 30.4. The van der Waals surface area contributed by atoms with Crippen molar-refractivity contribution in [3.63, 3.8) is 0 Å². The lowest BCUT2D eigenvalue weighted by Crippen LogP contribution is -2.04. The number of ether oxygens (including phenoxy) is 2. The number of nitrogen functional groups attached to an aromatic ring is 1. The summed E-state index contributed by atoms with van der Waals surface area (Å²) < 4.78 is 59.5. The molecule has 0 aliphatic heterocycles. The first kappa shape index (κ1) is 34.8. The number of anilines is 2. The SMILES string of the molecule is C.COC(=O)c1ccc(C=O)cc1.COC(=O)c1ccc(CNc2ccc(F)cc2F)cc1.Nc1ccc(F)cc1F. The van der Waals surface area contributed by atoms with Crippen molar-refractivity contribution in [2.24, 2.45) is 0 Å². The Balaban J connectivity index is 0.000000342. The number of aldehydes is 1. The minimum atomic E-state index is -0.713. The molecule has 0 atom stereocenters. The number of nitrogens with one attached hydrogen (secondary N) is 1. The van der Waals surface area contributed by atoms with Gasteiger partial charge in [0.2, 0.25) is 0 Å². The predicted molar refractivity (Wildman–Crippen MR) is 152 cm³/mol. The van der Waals surface area contributed by atoms with Crippen molar-refractivity contribution in [3.05, 3.63) is 130 Å². The smallest absolute Gasteiger partial charge is 0.337 e. The van der Waals surface area contributed by atoms with Gasteiger partial charge in [0, 0.05) is 24.2 Å². The molecule has 4 aromatic carbocycles. The van der Waals surface area contributed by atoms with Crippen LogP contribution in [0.1, 0.15) is 44.1 Å². The van der Waals surface area contributed by atoms with Gasteiger partial charge in [-0.2, -0.15) is 0 Å². The van der Waals surface area contributed by atoms with Crippen LogP contribution in [0.25, 0.3) is 0 Å². The van der Waals surface area contributed by atoms with Crippen molar-refractivity contribution in [2.45, 2.75) is 14.0 Å². The van der Waals surface area contributed by atoms with Crippen LogP contribution in [0.2, 0.25) is 0 Å². The van der Waals surface area contributed by atoms with Gasteiger partial charge in [0.05, 0.1) is 36.7 Å². The molecule has 0 spiro atoms. The zero-order valence-corrected chi connectivity index (χ0v) is 22.0. The Morgan fingerprint density at radius 3 is 1.64 bits per heavy atom. The molecule has 0 amide bonds. The minimum absolute atomic E-state index is 0. The quantitative estimate of drug-likeness (QED) is 0.110. The van der Waals surface area contributed by atoms with Crippen molar-refractivity contribution in [3.8, 4) is 0 Å². The second-order valence-electron chi connectivity index (χ2n) is 8.06. The van der Waals surface area contributed by atoms with Crippen LogP contribution in [-0.4, -0.2) is 32.4 Å². The van der Waals surface area contributed by atoms with E-state index in [9.17, 15) is 31.9 Å². The second-order valence-corrected chi connectivity index (χ2v) is 8.06. The molecule has 0 heterocycles. The summed E-state index contributed by atoms with van der Waals surface area (Å²) in [4.78, 5) is 32.4. The zero-order valence-electron chi connectivity index (χ0n) is 22.0. The highest BCUT2D eigenvalue weighted by Crippen LogP contribution is 2.16. The largest absolute Gasteiger partial charge is 0.465 e. The van der Waals surface area contributed by atoms with Crippen LogP contribution in [0.5, 0.6) is 0 Å². The van der Waals surface area contributed by atoms with Crippen LogP contribution in [0.15, 0.2) is 84.9 Å². The van der Waals surface area contributed by atoms with Crippen molar-refractivity contribution < 1.29 is 41.4 Å². The van der Waals surface area contributed by atoms with E-state index in [1.54, 1.807) is 48.5 Å². The maximum atomic E-state index is 13.4. The maximum absolute atomic E-state index is 13.4.